The Bertz CT molecular complexity index is 347. The lowest BCUT2D eigenvalue weighted by atomic mass is 10.1. The summed E-state index contributed by atoms with van der Waals surface area (Å²) in [5, 5.41) is 0. The van der Waals surface area contributed by atoms with Crippen molar-refractivity contribution in [1.82, 2.24) is 4.90 Å². The average Bonchev–Trinajstić information content (AvgIpc) is 2.16. The van der Waals surface area contributed by atoms with E-state index in [-0.39, 0.29) is 5.91 Å². The van der Waals surface area contributed by atoms with Gasteiger partial charge in [0.1, 0.15) is 0 Å². The lowest BCUT2D eigenvalue weighted by molar-refractivity contribution is 0.0780. The second kappa shape index (κ2) is 4.82. The highest BCUT2D eigenvalue weighted by molar-refractivity contribution is 5.98. The molecule has 0 bridgehead atoms. The number of amides is 1. The zero-order chi connectivity index (χ0) is 11.4. The number of hydrogen-bond donors (Lipinski definition) is 1. The van der Waals surface area contributed by atoms with Crippen LogP contribution in [0.1, 0.15) is 24.2 Å². The second-order valence-electron chi connectivity index (χ2n) is 4.17. The normalized spacial score (nSPS) is 10.4. The first-order valence-corrected chi connectivity index (χ1v) is 5.12. The molecule has 0 fully saturated rings. The van der Waals surface area contributed by atoms with Crippen LogP contribution >= 0.6 is 0 Å². The van der Waals surface area contributed by atoms with Gasteiger partial charge in [0, 0.05) is 19.3 Å². The third-order valence-corrected chi connectivity index (χ3v) is 2.18. The first-order valence-electron chi connectivity index (χ1n) is 5.12. The summed E-state index contributed by atoms with van der Waals surface area (Å²) in [7, 11) is 1.80. The predicted octanol–water partition coefficient (Wildman–Crippen LogP) is 2.00. The van der Waals surface area contributed by atoms with Crippen LogP contribution < -0.4 is 5.73 Å². The average molecular weight is 206 g/mol. The highest BCUT2D eigenvalue weighted by atomic mass is 16.2. The van der Waals surface area contributed by atoms with Crippen molar-refractivity contribution in [2.24, 2.45) is 5.92 Å². The maximum absolute atomic E-state index is 11.9. The van der Waals surface area contributed by atoms with E-state index in [4.69, 9.17) is 5.73 Å². The second-order valence-corrected chi connectivity index (χ2v) is 4.17. The van der Waals surface area contributed by atoms with Crippen molar-refractivity contribution < 1.29 is 4.79 Å². The molecular formula is C12H18N2O. The maximum atomic E-state index is 11.9. The number of carbonyl (C=O) groups is 1. The van der Waals surface area contributed by atoms with E-state index in [0.717, 1.165) is 6.54 Å². The topological polar surface area (TPSA) is 46.3 Å². The first kappa shape index (κ1) is 11.6. The molecule has 0 radical (unpaired) electrons. The molecule has 3 nitrogen and oxygen atoms in total. The number of nitrogen functional groups attached to an aromatic ring is 1. The van der Waals surface area contributed by atoms with Crippen LogP contribution in [0.2, 0.25) is 0 Å². The number of benzene rings is 1. The van der Waals surface area contributed by atoms with Crippen molar-refractivity contribution in [1.29, 1.82) is 0 Å². The standard InChI is InChI=1S/C12H18N2O/c1-9(2)8-14(3)12(15)10-6-4-5-7-11(10)13/h4-7,9H,8,13H2,1-3H3. The van der Waals surface area contributed by atoms with Crippen molar-refractivity contribution in [2.75, 3.05) is 19.3 Å². The Labute approximate surface area is 90.9 Å². The van der Waals surface area contributed by atoms with Gasteiger partial charge in [0.2, 0.25) is 0 Å². The molecule has 1 amide bonds. The highest BCUT2D eigenvalue weighted by Gasteiger charge is 2.14. The van der Waals surface area contributed by atoms with Crippen LogP contribution in [-0.2, 0) is 0 Å². The van der Waals surface area contributed by atoms with Gasteiger partial charge in [-0.1, -0.05) is 26.0 Å². The minimum Gasteiger partial charge on any atom is -0.398 e. The van der Waals surface area contributed by atoms with E-state index < -0.39 is 0 Å². The molecule has 15 heavy (non-hydrogen) atoms. The molecule has 82 valence electrons. The number of carbonyl (C=O) groups excluding carboxylic acids is 1. The van der Waals surface area contributed by atoms with E-state index in [1.807, 2.05) is 12.1 Å². The molecule has 0 aliphatic heterocycles. The van der Waals surface area contributed by atoms with Crippen LogP contribution in [0.15, 0.2) is 24.3 Å². The van der Waals surface area contributed by atoms with Crippen LogP contribution in [0.5, 0.6) is 0 Å². The van der Waals surface area contributed by atoms with Crippen molar-refractivity contribution in [3.8, 4) is 0 Å². The van der Waals surface area contributed by atoms with E-state index >= 15 is 0 Å². The number of anilines is 1. The van der Waals surface area contributed by atoms with Crippen LogP contribution in [0.3, 0.4) is 0 Å². The fourth-order valence-corrected chi connectivity index (χ4v) is 1.53. The Morgan fingerprint density at radius 2 is 2.00 bits per heavy atom. The Hall–Kier alpha value is -1.51. The van der Waals surface area contributed by atoms with Crippen molar-refractivity contribution in [3.63, 3.8) is 0 Å². The lowest BCUT2D eigenvalue weighted by Gasteiger charge is -2.20. The van der Waals surface area contributed by atoms with Crippen LogP contribution in [-0.4, -0.2) is 24.4 Å². The Kier molecular flexibility index (Phi) is 3.72. The molecule has 0 saturated heterocycles. The fraction of sp³-hybridized carbons (Fsp3) is 0.417. The van der Waals surface area contributed by atoms with Gasteiger partial charge in [0.15, 0.2) is 0 Å². The summed E-state index contributed by atoms with van der Waals surface area (Å²) in [4.78, 5) is 13.7. The molecule has 0 aliphatic carbocycles. The molecule has 0 unspecified atom stereocenters. The molecule has 1 aromatic carbocycles. The van der Waals surface area contributed by atoms with E-state index in [9.17, 15) is 4.79 Å². The molecule has 2 N–H and O–H groups in total. The molecule has 0 atom stereocenters. The van der Waals surface area contributed by atoms with Gasteiger partial charge in [-0.15, -0.1) is 0 Å². The summed E-state index contributed by atoms with van der Waals surface area (Å²) in [5.41, 5.74) is 6.87. The fourth-order valence-electron chi connectivity index (χ4n) is 1.53. The third kappa shape index (κ3) is 2.98. The van der Waals surface area contributed by atoms with E-state index in [1.165, 1.54) is 0 Å². The third-order valence-electron chi connectivity index (χ3n) is 2.18. The van der Waals surface area contributed by atoms with Crippen molar-refractivity contribution in [2.45, 2.75) is 13.8 Å². The summed E-state index contributed by atoms with van der Waals surface area (Å²) in [6.07, 6.45) is 0. The zero-order valence-electron chi connectivity index (χ0n) is 9.53. The molecule has 3 heteroatoms. The van der Waals surface area contributed by atoms with Gasteiger partial charge in [-0.05, 0) is 18.1 Å². The summed E-state index contributed by atoms with van der Waals surface area (Å²) < 4.78 is 0. The van der Waals surface area contributed by atoms with E-state index in [0.29, 0.717) is 17.2 Å². The highest BCUT2D eigenvalue weighted by Crippen LogP contribution is 2.13. The van der Waals surface area contributed by atoms with Crippen molar-refractivity contribution in [3.05, 3.63) is 29.8 Å². The molecule has 0 aromatic heterocycles. The molecule has 0 spiro atoms. The number of para-hydroxylation sites is 1. The van der Waals surface area contributed by atoms with Crippen LogP contribution in [0.4, 0.5) is 5.69 Å². The lowest BCUT2D eigenvalue weighted by Crippen LogP contribution is -2.30. The molecule has 0 aliphatic rings. The summed E-state index contributed by atoms with van der Waals surface area (Å²) >= 11 is 0. The molecule has 1 rings (SSSR count). The van der Waals surface area contributed by atoms with Gasteiger partial charge >= 0.3 is 0 Å². The van der Waals surface area contributed by atoms with Gasteiger partial charge in [-0.3, -0.25) is 4.79 Å². The SMILES string of the molecule is CC(C)CN(C)C(=O)c1ccccc1N. The van der Waals surface area contributed by atoms with Gasteiger partial charge in [-0.2, -0.15) is 0 Å². The Balaban J connectivity index is 2.81. The first-order chi connectivity index (χ1) is 7.02. The predicted molar refractivity (Wildman–Crippen MR) is 62.7 cm³/mol. The minimum atomic E-state index is -0.0122. The summed E-state index contributed by atoms with van der Waals surface area (Å²) in [6.45, 7) is 4.91. The monoisotopic (exact) mass is 206 g/mol. The van der Waals surface area contributed by atoms with Gasteiger partial charge < -0.3 is 10.6 Å². The quantitative estimate of drug-likeness (QED) is 0.769. The van der Waals surface area contributed by atoms with E-state index in [2.05, 4.69) is 13.8 Å². The number of rotatable bonds is 3. The van der Waals surface area contributed by atoms with Gasteiger partial charge in [0.05, 0.1) is 5.56 Å². The Morgan fingerprint density at radius 3 is 2.53 bits per heavy atom. The summed E-state index contributed by atoms with van der Waals surface area (Å²) in [6, 6.07) is 7.16. The molecule has 0 saturated carbocycles. The van der Waals surface area contributed by atoms with Gasteiger partial charge in [0.25, 0.3) is 5.91 Å². The molecule has 0 heterocycles. The molecule has 1 aromatic rings. The van der Waals surface area contributed by atoms with Gasteiger partial charge in [-0.25, -0.2) is 0 Å². The maximum Gasteiger partial charge on any atom is 0.255 e. The molecular weight excluding hydrogens is 188 g/mol. The van der Waals surface area contributed by atoms with Crippen molar-refractivity contribution >= 4 is 11.6 Å². The number of nitrogens with two attached hydrogens (primary N) is 1. The largest absolute Gasteiger partial charge is 0.398 e. The zero-order valence-corrected chi connectivity index (χ0v) is 9.53. The minimum absolute atomic E-state index is 0.0122. The van der Waals surface area contributed by atoms with Crippen LogP contribution in [0.25, 0.3) is 0 Å². The van der Waals surface area contributed by atoms with E-state index in [1.54, 1.807) is 24.1 Å². The number of nitrogens with zero attached hydrogens (tertiary/aromatic N) is 1. The number of hydrogen-bond acceptors (Lipinski definition) is 2. The smallest absolute Gasteiger partial charge is 0.255 e. The van der Waals surface area contributed by atoms with Crippen LogP contribution in [0, 0.1) is 5.92 Å². The summed E-state index contributed by atoms with van der Waals surface area (Å²) in [5.74, 6) is 0.450. The Morgan fingerprint density at radius 1 is 1.40 bits per heavy atom.